The average Bonchev–Trinajstić information content (AvgIpc) is 2.66. The number of hydrogen-bond acceptors (Lipinski definition) is 4. The molecule has 0 saturated heterocycles. The summed E-state index contributed by atoms with van der Waals surface area (Å²) in [6.07, 6.45) is 0.610. The van der Waals surface area contributed by atoms with Crippen molar-refractivity contribution in [2.75, 3.05) is 5.75 Å². The van der Waals surface area contributed by atoms with Gasteiger partial charge in [0.15, 0.2) is 5.12 Å². The summed E-state index contributed by atoms with van der Waals surface area (Å²) < 4.78 is 1.62. The van der Waals surface area contributed by atoms with E-state index >= 15 is 0 Å². The zero-order valence-electron chi connectivity index (χ0n) is 10.3. The first kappa shape index (κ1) is 12.8. The number of hydrogen-bond donors (Lipinski definition) is 0. The van der Waals surface area contributed by atoms with E-state index in [1.807, 2.05) is 24.3 Å². The van der Waals surface area contributed by atoms with Crippen molar-refractivity contribution in [3.05, 3.63) is 30.1 Å². The Hall–Kier alpha value is -1.62. The van der Waals surface area contributed by atoms with Crippen LogP contribution >= 0.6 is 11.8 Å². The average molecular weight is 262 g/mol. The van der Waals surface area contributed by atoms with E-state index in [2.05, 4.69) is 4.98 Å². The fraction of sp³-hybridized carbons (Fsp3) is 0.308. The highest BCUT2D eigenvalue weighted by Crippen LogP contribution is 2.17. The fourth-order valence-corrected chi connectivity index (χ4v) is 2.45. The summed E-state index contributed by atoms with van der Waals surface area (Å²) in [4.78, 5) is 27.0. The number of benzene rings is 1. The highest BCUT2D eigenvalue weighted by molar-refractivity contribution is 8.13. The maximum absolute atomic E-state index is 11.7. The number of imidazole rings is 1. The Morgan fingerprint density at radius 3 is 2.67 bits per heavy atom. The van der Waals surface area contributed by atoms with Gasteiger partial charge < -0.3 is 0 Å². The molecule has 2 aromatic rings. The molecule has 1 heterocycles. The van der Waals surface area contributed by atoms with Gasteiger partial charge in [-0.1, -0.05) is 23.9 Å². The molecule has 0 amide bonds. The lowest BCUT2D eigenvalue weighted by molar-refractivity contribution is -0.109. The molecule has 4 nitrogen and oxygen atoms in total. The third-order valence-electron chi connectivity index (χ3n) is 2.58. The number of thioether (sulfide) groups is 1. The first-order valence-electron chi connectivity index (χ1n) is 5.70. The summed E-state index contributed by atoms with van der Waals surface area (Å²) >= 11 is 1.25. The minimum atomic E-state index is -0.0495. The van der Waals surface area contributed by atoms with Crippen LogP contribution in [-0.2, 0) is 11.2 Å². The van der Waals surface area contributed by atoms with Gasteiger partial charge in [0.1, 0.15) is 5.82 Å². The van der Waals surface area contributed by atoms with Crippen molar-refractivity contribution >= 4 is 33.8 Å². The number of rotatable bonds is 3. The second kappa shape index (κ2) is 5.35. The summed E-state index contributed by atoms with van der Waals surface area (Å²) in [5, 5.41) is 0.0838. The van der Waals surface area contributed by atoms with E-state index in [4.69, 9.17) is 0 Å². The molecule has 18 heavy (non-hydrogen) atoms. The van der Waals surface area contributed by atoms with Crippen molar-refractivity contribution in [2.45, 2.75) is 20.3 Å². The van der Waals surface area contributed by atoms with Gasteiger partial charge in [-0.25, -0.2) is 4.98 Å². The van der Waals surface area contributed by atoms with E-state index in [1.165, 1.54) is 18.7 Å². The number of para-hydroxylation sites is 2. The predicted molar refractivity (Wildman–Crippen MR) is 72.9 cm³/mol. The molecule has 0 atom stereocenters. The van der Waals surface area contributed by atoms with Crippen molar-refractivity contribution in [2.24, 2.45) is 0 Å². The lowest BCUT2D eigenvalue weighted by Gasteiger charge is -2.03. The molecule has 0 fully saturated rings. The minimum absolute atomic E-state index is 0.0495. The van der Waals surface area contributed by atoms with Crippen molar-refractivity contribution in [3.63, 3.8) is 0 Å². The van der Waals surface area contributed by atoms with Crippen molar-refractivity contribution in [1.29, 1.82) is 0 Å². The molecule has 0 radical (unpaired) electrons. The molecule has 0 spiro atoms. The van der Waals surface area contributed by atoms with E-state index in [0.717, 1.165) is 16.9 Å². The first-order valence-corrected chi connectivity index (χ1v) is 6.69. The molecule has 5 heteroatoms. The molecule has 0 unspecified atom stereocenters. The lowest BCUT2D eigenvalue weighted by atomic mass is 10.3. The number of carbonyl (C=O) groups excluding carboxylic acids is 2. The van der Waals surface area contributed by atoms with Crippen LogP contribution in [-0.4, -0.2) is 26.3 Å². The van der Waals surface area contributed by atoms with Crippen LogP contribution in [0.5, 0.6) is 0 Å². The smallest absolute Gasteiger partial charge is 0.229 e. The van der Waals surface area contributed by atoms with Crippen LogP contribution in [0.15, 0.2) is 24.3 Å². The molecule has 1 aromatic heterocycles. The number of carbonyl (C=O) groups is 2. The number of fused-ring (bicyclic) bond motifs is 1. The van der Waals surface area contributed by atoms with Gasteiger partial charge in [0.05, 0.1) is 11.0 Å². The second-order valence-corrected chi connectivity index (χ2v) is 5.23. The number of aromatic nitrogens is 2. The fourth-order valence-electron chi connectivity index (χ4n) is 1.88. The van der Waals surface area contributed by atoms with E-state index in [-0.39, 0.29) is 11.0 Å². The Bertz CT molecular complexity index is 604. The SMILES string of the molecule is CC(=O)SCCc1nc2ccccc2n1C(C)=O. The summed E-state index contributed by atoms with van der Waals surface area (Å²) in [5.41, 5.74) is 1.64. The number of aryl methyl sites for hydroxylation is 1. The predicted octanol–water partition coefficient (Wildman–Crippen LogP) is 2.52. The summed E-state index contributed by atoms with van der Waals surface area (Å²) in [7, 11) is 0. The first-order chi connectivity index (χ1) is 8.59. The Kier molecular flexibility index (Phi) is 3.81. The van der Waals surface area contributed by atoms with Crippen molar-refractivity contribution < 1.29 is 9.59 Å². The molecular formula is C13H14N2O2S. The van der Waals surface area contributed by atoms with Gasteiger partial charge in [0, 0.05) is 26.0 Å². The van der Waals surface area contributed by atoms with Crippen molar-refractivity contribution in [1.82, 2.24) is 9.55 Å². The summed E-state index contributed by atoms with van der Waals surface area (Å²) in [6, 6.07) is 7.55. The molecule has 0 aliphatic carbocycles. The molecule has 0 aliphatic rings. The molecule has 0 bridgehead atoms. The molecule has 0 aliphatic heterocycles. The molecule has 0 saturated carbocycles. The van der Waals surface area contributed by atoms with Crippen LogP contribution in [0.4, 0.5) is 0 Å². The van der Waals surface area contributed by atoms with E-state index < -0.39 is 0 Å². The normalized spacial score (nSPS) is 10.8. The topological polar surface area (TPSA) is 52.0 Å². The van der Waals surface area contributed by atoms with Crippen LogP contribution in [0.25, 0.3) is 11.0 Å². The Labute approximate surface area is 109 Å². The van der Waals surface area contributed by atoms with Gasteiger partial charge in [0.2, 0.25) is 5.91 Å². The summed E-state index contributed by atoms with van der Waals surface area (Å²) in [6.45, 7) is 3.06. The Balaban J connectivity index is 2.34. The van der Waals surface area contributed by atoms with E-state index in [9.17, 15) is 9.59 Å². The summed E-state index contributed by atoms with van der Waals surface area (Å²) in [5.74, 6) is 1.32. The lowest BCUT2D eigenvalue weighted by Crippen LogP contribution is -2.11. The maximum atomic E-state index is 11.7. The van der Waals surface area contributed by atoms with Crippen LogP contribution in [0.2, 0.25) is 0 Å². The monoisotopic (exact) mass is 262 g/mol. The van der Waals surface area contributed by atoms with Gasteiger partial charge in [0.25, 0.3) is 0 Å². The Morgan fingerprint density at radius 1 is 1.28 bits per heavy atom. The highest BCUT2D eigenvalue weighted by atomic mass is 32.2. The van der Waals surface area contributed by atoms with Gasteiger partial charge >= 0.3 is 0 Å². The molecular weight excluding hydrogens is 248 g/mol. The van der Waals surface area contributed by atoms with Crippen LogP contribution in [0.3, 0.4) is 0 Å². The molecule has 0 N–H and O–H groups in total. The third kappa shape index (κ3) is 2.61. The van der Waals surface area contributed by atoms with Crippen molar-refractivity contribution in [3.8, 4) is 0 Å². The zero-order valence-corrected chi connectivity index (χ0v) is 11.2. The van der Waals surface area contributed by atoms with Gasteiger partial charge in [-0.05, 0) is 12.1 Å². The highest BCUT2D eigenvalue weighted by Gasteiger charge is 2.13. The van der Waals surface area contributed by atoms with Crippen LogP contribution in [0, 0.1) is 0 Å². The van der Waals surface area contributed by atoms with E-state index in [0.29, 0.717) is 12.2 Å². The van der Waals surface area contributed by atoms with Gasteiger partial charge in [-0.2, -0.15) is 0 Å². The standard InChI is InChI=1S/C13H14N2O2S/c1-9(16)15-12-6-4-3-5-11(12)14-13(15)7-8-18-10(2)17/h3-6H,7-8H2,1-2H3. The Morgan fingerprint density at radius 2 is 2.00 bits per heavy atom. The van der Waals surface area contributed by atoms with Gasteiger partial charge in [-0.15, -0.1) is 0 Å². The number of nitrogens with zero attached hydrogens (tertiary/aromatic N) is 2. The molecule has 94 valence electrons. The maximum Gasteiger partial charge on any atom is 0.229 e. The third-order valence-corrected chi connectivity index (χ3v) is 3.39. The van der Waals surface area contributed by atoms with Crippen LogP contribution in [0.1, 0.15) is 24.5 Å². The zero-order chi connectivity index (χ0) is 13.1. The quantitative estimate of drug-likeness (QED) is 0.853. The molecule has 1 aromatic carbocycles. The minimum Gasteiger partial charge on any atom is -0.288 e. The van der Waals surface area contributed by atoms with Gasteiger partial charge in [-0.3, -0.25) is 14.2 Å². The molecule has 2 rings (SSSR count). The van der Waals surface area contributed by atoms with E-state index in [1.54, 1.807) is 11.5 Å². The van der Waals surface area contributed by atoms with Crippen LogP contribution < -0.4 is 0 Å². The second-order valence-electron chi connectivity index (χ2n) is 3.96. The largest absolute Gasteiger partial charge is 0.288 e.